The standard InChI is InChI=1S/C18H20N2O3S/c21-17(19-23-13-14-5-2-1-3-6-14)15-8-10-20(11-9-15)18(22)16-7-4-12-24-16/h1-7,12,15H,8-11,13H2,(H,19,21). The highest BCUT2D eigenvalue weighted by Crippen LogP contribution is 2.21. The third-order valence-electron chi connectivity index (χ3n) is 4.14. The van der Waals surface area contributed by atoms with Crippen molar-refractivity contribution in [3.63, 3.8) is 0 Å². The van der Waals surface area contributed by atoms with E-state index >= 15 is 0 Å². The van der Waals surface area contributed by atoms with E-state index in [1.807, 2.05) is 52.7 Å². The molecule has 1 aliphatic rings. The van der Waals surface area contributed by atoms with Crippen LogP contribution in [0, 0.1) is 5.92 Å². The number of hydrogen-bond donors (Lipinski definition) is 1. The predicted octanol–water partition coefficient (Wildman–Crippen LogP) is 2.85. The Kier molecular flexibility index (Phi) is 5.61. The van der Waals surface area contributed by atoms with Crippen LogP contribution in [0.4, 0.5) is 0 Å². The molecule has 3 rings (SSSR count). The summed E-state index contributed by atoms with van der Waals surface area (Å²) in [6, 6.07) is 13.4. The summed E-state index contributed by atoms with van der Waals surface area (Å²) in [5.74, 6) is -0.147. The number of hydroxylamine groups is 1. The van der Waals surface area contributed by atoms with Gasteiger partial charge in [0, 0.05) is 19.0 Å². The molecule has 0 saturated carbocycles. The summed E-state index contributed by atoms with van der Waals surface area (Å²) < 4.78 is 0. The number of rotatable bonds is 5. The van der Waals surface area contributed by atoms with E-state index in [9.17, 15) is 9.59 Å². The van der Waals surface area contributed by atoms with Gasteiger partial charge in [0.25, 0.3) is 5.91 Å². The van der Waals surface area contributed by atoms with Crippen molar-refractivity contribution in [3.8, 4) is 0 Å². The van der Waals surface area contributed by atoms with Gasteiger partial charge in [-0.2, -0.15) is 0 Å². The van der Waals surface area contributed by atoms with Crippen molar-refractivity contribution in [2.45, 2.75) is 19.4 Å². The molecule has 0 radical (unpaired) electrons. The van der Waals surface area contributed by atoms with E-state index in [-0.39, 0.29) is 17.7 Å². The van der Waals surface area contributed by atoms with Crippen molar-refractivity contribution in [1.29, 1.82) is 0 Å². The van der Waals surface area contributed by atoms with Crippen molar-refractivity contribution in [2.24, 2.45) is 5.92 Å². The van der Waals surface area contributed by atoms with E-state index in [1.54, 1.807) is 0 Å². The highest BCUT2D eigenvalue weighted by atomic mass is 32.1. The zero-order valence-electron chi connectivity index (χ0n) is 13.3. The van der Waals surface area contributed by atoms with E-state index < -0.39 is 0 Å². The smallest absolute Gasteiger partial charge is 0.263 e. The Morgan fingerprint density at radius 1 is 1.12 bits per heavy atom. The fourth-order valence-corrected chi connectivity index (χ4v) is 3.44. The molecule has 1 N–H and O–H groups in total. The van der Waals surface area contributed by atoms with Crippen molar-refractivity contribution < 1.29 is 14.4 Å². The third kappa shape index (κ3) is 4.21. The summed E-state index contributed by atoms with van der Waals surface area (Å²) in [5, 5.41) is 1.90. The van der Waals surface area contributed by atoms with Crippen LogP contribution in [-0.4, -0.2) is 29.8 Å². The fourth-order valence-electron chi connectivity index (χ4n) is 2.75. The molecule has 0 aliphatic carbocycles. The number of nitrogens with zero attached hydrogens (tertiary/aromatic N) is 1. The van der Waals surface area contributed by atoms with Crippen LogP contribution >= 0.6 is 11.3 Å². The van der Waals surface area contributed by atoms with E-state index in [2.05, 4.69) is 5.48 Å². The first-order chi connectivity index (χ1) is 11.7. The maximum atomic E-state index is 12.3. The largest absolute Gasteiger partial charge is 0.338 e. The first kappa shape index (κ1) is 16.7. The third-order valence-corrected chi connectivity index (χ3v) is 5.00. The van der Waals surface area contributed by atoms with Gasteiger partial charge in [0.15, 0.2) is 0 Å². The summed E-state index contributed by atoms with van der Waals surface area (Å²) in [5.41, 5.74) is 3.54. The zero-order valence-corrected chi connectivity index (χ0v) is 14.1. The van der Waals surface area contributed by atoms with Gasteiger partial charge in [-0.25, -0.2) is 5.48 Å². The Bertz CT molecular complexity index is 665. The molecule has 1 fully saturated rings. The monoisotopic (exact) mass is 344 g/mol. The maximum absolute atomic E-state index is 12.3. The molecule has 0 unspecified atom stereocenters. The Hall–Kier alpha value is -2.18. The first-order valence-corrected chi connectivity index (χ1v) is 8.90. The van der Waals surface area contributed by atoms with Gasteiger partial charge in [0.05, 0.1) is 11.5 Å². The average Bonchev–Trinajstić information content (AvgIpc) is 3.17. The van der Waals surface area contributed by atoms with E-state index in [0.29, 0.717) is 32.5 Å². The molecule has 6 heteroatoms. The molecule has 1 aliphatic heterocycles. The lowest BCUT2D eigenvalue weighted by Gasteiger charge is -2.30. The van der Waals surface area contributed by atoms with Crippen LogP contribution in [0.25, 0.3) is 0 Å². The van der Waals surface area contributed by atoms with Crippen LogP contribution in [0.15, 0.2) is 47.8 Å². The lowest BCUT2D eigenvalue weighted by Crippen LogP contribution is -2.42. The molecular formula is C18H20N2O3S. The second kappa shape index (κ2) is 8.08. The summed E-state index contributed by atoms with van der Waals surface area (Å²) >= 11 is 1.45. The quantitative estimate of drug-likeness (QED) is 0.849. The van der Waals surface area contributed by atoms with Crippen molar-refractivity contribution >= 4 is 23.2 Å². The normalized spacial score (nSPS) is 15.2. The van der Waals surface area contributed by atoms with Crippen LogP contribution in [0.1, 0.15) is 28.1 Å². The fraction of sp³-hybridized carbons (Fsp3) is 0.333. The zero-order chi connectivity index (χ0) is 16.8. The Morgan fingerprint density at radius 2 is 1.88 bits per heavy atom. The molecule has 5 nitrogen and oxygen atoms in total. The Balaban J connectivity index is 1.41. The van der Waals surface area contributed by atoms with Crippen LogP contribution in [0.5, 0.6) is 0 Å². The summed E-state index contributed by atoms with van der Waals surface area (Å²) in [6.07, 6.45) is 1.33. The number of likely N-dealkylation sites (tertiary alicyclic amines) is 1. The van der Waals surface area contributed by atoms with Gasteiger partial charge in [-0.1, -0.05) is 36.4 Å². The molecule has 1 aromatic heterocycles. The molecule has 24 heavy (non-hydrogen) atoms. The molecular weight excluding hydrogens is 324 g/mol. The molecule has 2 heterocycles. The van der Waals surface area contributed by atoms with E-state index in [0.717, 1.165) is 10.4 Å². The van der Waals surface area contributed by atoms with Crippen LogP contribution in [0.2, 0.25) is 0 Å². The van der Waals surface area contributed by atoms with Crippen molar-refractivity contribution in [1.82, 2.24) is 10.4 Å². The Morgan fingerprint density at radius 3 is 2.54 bits per heavy atom. The van der Waals surface area contributed by atoms with Crippen LogP contribution < -0.4 is 5.48 Å². The van der Waals surface area contributed by atoms with E-state index in [4.69, 9.17) is 4.84 Å². The van der Waals surface area contributed by atoms with E-state index in [1.165, 1.54) is 11.3 Å². The first-order valence-electron chi connectivity index (χ1n) is 8.02. The minimum atomic E-state index is -0.104. The second-order valence-electron chi connectivity index (χ2n) is 5.78. The Labute approximate surface area is 145 Å². The number of carbonyl (C=O) groups excluding carboxylic acids is 2. The predicted molar refractivity (Wildman–Crippen MR) is 92.3 cm³/mol. The van der Waals surface area contributed by atoms with Gasteiger partial charge < -0.3 is 4.90 Å². The van der Waals surface area contributed by atoms with Gasteiger partial charge >= 0.3 is 0 Å². The molecule has 2 amide bonds. The van der Waals surface area contributed by atoms with Gasteiger partial charge in [-0.05, 0) is 29.9 Å². The summed E-state index contributed by atoms with van der Waals surface area (Å²) in [6.45, 7) is 1.56. The molecule has 1 saturated heterocycles. The number of piperidine rings is 1. The average molecular weight is 344 g/mol. The molecule has 1 aromatic carbocycles. The minimum Gasteiger partial charge on any atom is -0.338 e. The number of carbonyl (C=O) groups is 2. The topological polar surface area (TPSA) is 58.6 Å². The molecule has 2 aromatic rings. The van der Waals surface area contributed by atoms with Gasteiger partial charge in [0.2, 0.25) is 5.91 Å². The number of amides is 2. The summed E-state index contributed by atoms with van der Waals surface area (Å²) in [4.78, 5) is 32.3. The highest BCUT2D eigenvalue weighted by molar-refractivity contribution is 7.12. The maximum Gasteiger partial charge on any atom is 0.263 e. The lowest BCUT2D eigenvalue weighted by atomic mass is 9.96. The number of benzene rings is 1. The molecule has 0 spiro atoms. The van der Waals surface area contributed by atoms with Crippen LogP contribution in [0.3, 0.4) is 0 Å². The molecule has 126 valence electrons. The van der Waals surface area contributed by atoms with Crippen molar-refractivity contribution in [3.05, 3.63) is 58.3 Å². The SMILES string of the molecule is O=C(NOCc1ccccc1)C1CCN(C(=O)c2cccs2)CC1. The minimum absolute atomic E-state index is 0.0594. The lowest BCUT2D eigenvalue weighted by molar-refractivity contribution is -0.140. The van der Waals surface area contributed by atoms with Gasteiger partial charge in [-0.3, -0.25) is 14.4 Å². The van der Waals surface area contributed by atoms with Crippen molar-refractivity contribution in [2.75, 3.05) is 13.1 Å². The highest BCUT2D eigenvalue weighted by Gasteiger charge is 2.28. The molecule has 0 bridgehead atoms. The number of nitrogens with one attached hydrogen (secondary N) is 1. The summed E-state index contributed by atoms with van der Waals surface area (Å²) in [7, 11) is 0. The van der Waals surface area contributed by atoms with Crippen LogP contribution in [-0.2, 0) is 16.2 Å². The number of thiophene rings is 1. The second-order valence-corrected chi connectivity index (χ2v) is 6.73. The van der Waals surface area contributed by atoms with Gasteiger partial charge in [-0.15, -0.1) is 11.3 Å². The molecule has 0 atom stereocenters. The van der Waals surface area contributed by atoms with Gasteiger partial charge in [0.1, 0.15) is 0 Å². The number of hydrogen-bond acceptors (Lipinski definition) is 4.